The molecule has 2 atom stereocenters. The molecule has 27 heavy (non-hydrogen) atoms. The van der Waals surface area contributed by atoms with E-state index < -0.39 is 0 Å². The lowest BCUT2D eigenvalue weighted by Crippen LogP contribution is -2.48. The van der Waals surface area contributed by atoms with Gasteiger partial charge in [0.25, 0.3) is 0 Å². The second-order valence-corrected chi connectivity index (χ2v) is 8.25. The lowest BCUT2D eigenvalue weighted by molar-refractivity contribution is 0.316. The molecule has 5 heteroatoms. The zero-order valence-corrected chi connectivity index (χ0v) is 16.0. The summed E-state index contributed by atoms with van der Waals surface area (Å²) in [5.41, 5.74) is 11.2. The van der Waals surface area contributed by atoms with E-state index in [4.69, 9.17) is 15.7 Å². The molecule has 3 aliphatic rings. The minimum absolute atomic E-state index is 0.411. The fraction of sp³-hybridized carbons (Fsp3) is 0.545. The van der Waals surface area contributed by atoms with Crippen molar-refractivity contribution in [3.63, 3.8) is 0 Å². The van der Waals surface area contributed by atoms with Gasteiger partial charge < -0.3 is 16.0 Å². The molecule has 0 amide bonds. The zero-order valence-electron chi connectivity index (χ0n) is 16.0. The van der Waals surface area contributed by atoms with E-state index in [1.54, 1.807) is 0 Å². The molecule has 2 aromatic rings. The van der Waals surface area contributed by atoms with Crippen LogP contribution < -0.4 is 16.0 Å². The lowest BCUT2D eigenvalue weighted by Gasteiger charge is -2.42. The molecule has 1 aliphatic carbocycles. The standard InChI is InChI=1S/C22H29N5/c23-22-25-20-17-9-2-1-6-15(17)7-3-10-18(20)21(26-22)27-13-5-8-16-14-24-12-4-11-19(16)27/h1-2,6,9,16,19,24H,3-5,7-8,10-14H2,(H2,23,25,26). The Bertz CT molecular complexity index is 833. The minimum Gasteiger partial charge on any atom is -0.368 e. The molecule has 0 radical (unpaired) electrons. The van der Waals surface area contributed by atoms with Crippen molar-refractivity contribution < 1.29 is 0 Å². The summed E-state index contributed by atoms with van der Waals surface area (Å²) in [6.45, 7) is 3.36. The van der Waals surface area contributed by atoms with Gasteiger partial charge in [0.05, 0.1) is 5.69 Å². The maximum absolute atomic E-state index is 6.24. The summed E-state index contributed by atoms with van der Waals surface area (Å²) in [6, 6.07) is 9.24. The van der Waals surface area contributed by atoms with Crippen LogP contribution in [0.25, 0.3) is 11.3 Å². The van der Waals surface area contributed by atoms with Crippen LogP contribution in [0.4, 0.5) is 11.8 Å². The molecule has 2 saturated heterocycles. The van der Waals surface area contributed by atoms with Gasteiger partial charge in [-0.3, -0.25) is 0 Å². The molecule has 2 aliphatic heterocycles. The third kappa shape index (κ3) is 3.08. The highest BCUT2D eigenvalue weighted by atomic mass is 15.3. The number of rotatable bonds is 1. The van der Waals surface area contributed by atoms with E-state index in [9.17, 15) is 0 Å². The van der Waals surface area contributed by atoms with Gasteiger partial charge in [-0.2, -0.15) is 4.98 Å². The summed E-state index contributed by atoms with van der Waals surface area (Å²) >= 11 is 0. The second kappa shape index (κ2) is 7.12. The van der Waals surface area contributed by atoms with Crippen molar-refractivity contribution >= 4 is 11.8 Å². The molecule has 2 unspecified atom stereocenters. The lowest BCUT2D eigenvalue weighted by atomic mass is 9.86. The van der Waals surface area contributed by atoms with E-state index in [1.807, 2.05) is 0 Å². The van der Waals surface area contributed by atoms with Gasteiger partial charge in [-0.25, -0.2) is 4.98 Å². The quantitative estimate of drug-likeness (QED) is 0.814. The van der Waals surface area contributed by atoms with Crippen LogP contribution in [-0.4, -0.2) is 35.6 Å². The number of hydrogen-bond acceptors (Lipinski definition) is 5. The fourth-order valence-corrected chi connectivity index (χ4v) is 5.36. The molecular formula is C22H29N5. The number of nitrogens with two attached hydrogens (primary N) is 1. The smallest absolute Gasteiger partial charge is 0.222 e. The highest BCUT2D eigenvalue weighted by Gasteiger charge is 2.35. The Morgan fingerprint density at radius 3 is 2.93 bits per heavy atom. The Balaban J connectivity index is 1.62. The first-order valence-electron chi connectivity index (χ1n) is 10.5. The number of nitrogen functional groups attached to an aromatic ring is 1. The van der Waals surface area contributed by atoms with Crippen LogP contribution in [0, 0.1) is 5.92 Å². The maximum atomic E-state index is 6.24. The van der Waals surface area contributed by atoms with Crippen molar-refractivity contribution in [1.82, 2.24) is 15.3 Å². The van der Waals surface area contributed by atoms with Crippen LogP contribution in [0.3, 0.4) is 0 Å². The third-order valence-corrected chi connectivity index (χ3v) is 6.60. The molecular weight excluding hydrogens is 334 g/mol. The Hall–Kier alpha value is -2.14. The fourth-order valence-electron chi connectivity index (χ4n) is 5.36. The molecule has 3 heterocycles. The monoisotopic (exact) mass is 363 g/mol. The number of benzene rings is 1. The Morgan fingerprint density at radius 2 is 1.96 bits per heavy atom. The van der Waals surface area contributed by atoms with Crippen LogP contribution in [0.1, 0.15) is 43.2 Å². The van der Waals surface area contributed by atoms with Gasteiger partial charge >= 0.3 is 0 Å². The van der Waals surface area contributed by atoms with Crippen LogP contribution in [0.15, 0.2) is 24.3 Å². The molecule has 0 bridgehead atoms. The minimum atomic E-state index is 0.411. The molecule has 3 N–H and O–H groups in total. The highest BCUT2D eigenvalue weighted by Crippen LogP contribution is 2.39. The molecule has 0 spiro atoms. The van der Waals surface area contributed by atoms with Gasteiger partial charge in [-0.15, -0.1) is 0 Å². The Morgan fingerprint density at radius 1 is 1.04 bits per heavy atom. The average Bonchev–Trinajstić information content (AvgIpc) is 3.04. The molecule has 1 aromatic carbocycles. The number of fused-ring (bicyclic) bond motifs is 4. The number of aryl methyl sites for hydroxylation is 1. The molecule has 0 saturated carbocycles. The predicted molar refractivity (Wildman–Crippen MR) is 110 cm³/mol. The van der Waals surface area contributed by atoms with Crippen LogP contribution in [0.5, 0.6) is 0 Å². The summed E-state index contributed by atoms with van der Waals surface area (Å²) in [5.74, 6) is 2.24. The summed E-state index contributed by atoms with van der Waals surface area (Å²) in [6.07, 6.45) is 8.31. The van der Waals surface area contributed by atoms with Crippen molar-refractivity contribution in [3.05, 3.63) is 35.4 Å². The topological polar surface area (TPSA) is 67.1 Å². The number of aromatic nitrogens is 2. The van der Waals surface area contributed by atoms with Crippen molar-refractivity contribution in [2.75, 3.05) is 30.3 Å². The van der Waals surface area contributed by atoms with E-state index in [0.717, 1.165) is 50.4 Å². The molecule has 1 aromatic heterocycles. The van der Waals surface area contributed by atoms with E-state index in [0.29, 0.717) is 17.9 Å². The summed E-state index contributed by atoms with van der Waals surface area (Å²) < 4.78 is 0. The molecule has 5 rings (SSSR count). The second-order valence-electron chi connectivity index (χ2n) is 8.25. The predicted octanol–water partition coefficient (Wildman–Crippen LogP) is 3.18. The first kappa shape index (κ1) is 17.0. The van der Waals surface area contributed by atoms with Crippen LogP contribution in [-0.2, 0) is 12.8 Å². The van der Waals surface area contributed by atoms with Gasteiger partial charge in [0, 0.05) is 23.7 Å². The van der Waals surface area contributed by atoms with E-state index in [1.165, 1.54) is 42.4 Å². The van der Waals surface area contributed by atoms with Crippen molar-refractivity contribution in [2.45, 2.75) is 51.0 Å². The number of hydrogen-bond donors (Lipinski definition) is 2. The Kier molecular flexibility index (Phi) is 4.48. The van der Waals surface area contributed by atoms with E-state index in [-0.39, 0.29) is 0 Å². The third-order valence-electron chi connectivity index (χ3n) is 6.60. The average molecular weight is 364 g/mol. The highest BCUT2D eigenvalue weighted by molar-refractivity contribution is 5.74. The zero-order chi connectivity index (χ0) is 18.2. The van der Waals surface area contributed by atoms with Gasteiger partial charge in [0.1, 0.15) is 5.82 Å². The number of nitrogens with zero attached hydrogens (tertiary/aromatic N) is 3. The van der Waals surface area contributed by atoms with E-state index >= 15 is 0 Å². The largest absolute Gasteiger partial charge is 0.368 e. The Labute approximate surface area is 161 Å². The SMILES string of the molecule is Nc1nc2c(c(N3CCCC4CNCCCC43)n1)CCCc1ccccc1-2. The normalized spacial score (nSPS) is 25.0. The van der Waals surface area contributed by atoms with Gasteiger partial charge in [0.2, 0.25) is 5.95 Å². The summed E-state index contributed by atoms with van der Waals surface area (Å²) in [5, 5.41) is 3.63. The summed E-state index contributed by atoms with van der Waals surface area (Å²) in [4.78, 5) is 12.1. The number of piperidine rings is 1. The van der Waals surface area contributed by atoms with Crippen molar-refractivity contribution in [2.24, 2.45) is 5.92 Å². The maximum Gasteiger partial charge on any atom is 0.222 e. The molecule has 5 nitrogen and oxygen atoms in total. The first-order chi connectivity index (χ1) is 13.3. The van der Waals surface area contributed by atoms with Crippen LogP contribution >= 0.6 is 0 Å². The van der Waals surface area contributed by atoms with Crippen molar-refractivity contribution in [3.8, 4) is 11.3 Å². The number of anilines is 2. The van der Waals surface area contributed by atoms with Crippen molar-refractivity contribution in [1.29, 1.82) is 0 Å². The van der Waals surface area contributed by atoms with Crippen LogP contribution in [0.2, 0.25) is 0 Å². The molecule has 142 valence electrons. The summed E-state index contributed by atoms with van der Waals surface area (Å²) in [7, 11) is 0. The van der Waals surface area contributed by atoms with Gasteiger partial charge in [0.15, 0.2) is 0 Å². The molecule has 2 fully saturated rings. The van der Waals surface area contributed by atoms with E-state index in [2.05, 4.69) is 34.5 Å². The van der Waals surface area contributed by atoms with Gasteiger partial charge in [-0.1, -0.05) is 24.3 Å². The van der Waals surface area contributed by atoms with Gasteiger partial charge in [-0.05, 0) is 69.5 Å². The first-order valence-corrected chi connectivity index (χ1v) is 10.5. The number of nitrogens with one attached hydrogen (secondary N) is 1.